The van der Waals surface area contributed by atoms with Crippen LogP contribution in [0.3, 0.4) is 0 Å². The summed E-state index contributed by atoms with van der Waals surface area (Å²) in [7, 11) is 0. The van der Waals surface area contributed by atoms with Crippen molar-refractivity contribution in [3.05, 3.63) is 39.1 Å². The van der Waals surface area contributed by atoms with Crippen molar-refractivity contribution in [2.24, 2.45) is 0 Å². The summed E-state index contributed by atoms with van der Waals surface area (Å²) in [5.74, 6) is -0.604. The van der Waals surface area contributed by atoms with Gasteiger partial charge in [-0.05, 0) is 31.9 Å². The zero-order valence-electron chi connectivity index (χ0n) is 11.6. The highest BCUT2D eigenvalue weighted by Crippen LogP contribution is 2.38. The zero-order valence-corrected chi connectivity index (χ0v) is 12.3. The van der Waals surface area contributed by atoms with E-state index < -0.39 is 5.97 Å². The number of hydrogen-bond acceptors (Lipinski definition) is 4. The first-order valence-corrected chi connectivity index (χ1v) is 7.21. The highest BCUT2D eigenvalue weighted by atomic mass is 35.5. The number of carbonyl (C=O) groups excluding carboxylic acids is 1. The third-order valence-electron chi connectivity index (χ3n) is 3.59. The van der Waals surface area contributed by atoms with E-state index in [1.165, 1.54) is 6.07 Å². The Hall–Kier alpha value is -2.01. The van der Waals surface area contributed by atoms with E-state index in [1.54, 1.807) is 19.2 Å². The molecule has 0 saturated heterocycles. The molecule has 110 valence electrons. The predicted molar refractivity (Wildman–Crippen MR) is 81.9 cm³/mol. The molecule has 1 aromatic heterocycles. The smallest absolute Gasteiger partial charge is 0.343 e. The van der Waals surface area contributed by atoms with Crippen molar-refractivity contribution < 1.29 is 9.53 Å². The maximum Gasteiger partial charge on any atom is 0.343 e. The van der Waals surface area contributed by atoms with Crippen LogP contribution in [-0.4, -0.2) is 17.1 Å². The molecule has 0 spiro atoms. The van der Waals surface area contributed by atoms with Gasteiger partial charge in [0.1, 0.15) is 5.56 Å². The first kappa shape index (κ1) is 13.9. The summed E-state index contributed by atoms with van der Waals surface area (Å²) in [6.45, 7) is 1.93. The highest BCUT2D eigenvalue weighted by molar-refractivity contribution is 6.33. The lowest BCUT2D eigenvalue weighted by Gasteiger charge is -2.13. The summed E-state index contributed by atoms with van der Waals surface area (Å²) < 4.78 is 6.88. The molecule has 1 aliphatic carbocycles. The lowest BCUT2D eigenvalue weighted by Crippen LogP contribution is -2.21. The molecule has 1 heterocycles. The number of halogens is 1. The van der Waals surface area contributed by atoms with E-state index in [4.69, 9.17) is 22.1 Å². The minimum atomic E-state index is -0.604. The number of fused-ring (bicyclic) bond motifs is 1. The van der Waals surface area contributed by atoms with Gasteiger partial charge in [0.15, 0.2) is 0 Å². The van der Waals surface area contributed by atoms with Gasteiger partial charge in [-0.3, -0.25) is 4.79 Å². The Morgan fingerprint density at radius 2 is 2.19 bits per heavy atom. The number of nitrogens with two attached hydrogens (primary N) is 1. The monoisotopic (exact) mass is 306 g/mol. The van der Waals surface area contributed by atoms with Crippen LogP contribution in [-0.2, 0) is 4.74 Å². The van der Waals surface area contributed by atoms with Gasteiger partial charge in [0, 0.05) is 17.6 Å². The fourth-order valence-electron chi connectivity index (χ4n) is 2.40. The second kappa shape index (κ2) is 5.07. The molecule has 0 atom stereocenters. The van der Waals surface area contributed by atoms with Gasteiger partial charge in [-0.2, -0.15) is 0 Å². The van der Waals surface area contributed by atoms with Crippen LogP contribution < -0.4 is 11.2 Å². The van der Waals surface area contributed by atoms with Crippen LogP contribution in [0.1, 0.15) is 36.2 Å². The second-order valence-corrected chi connectivity index (χ2v) is 5.53. The van der Waals surface area contributed by atoms with E-state index >= 15 is 0 Å². The summed E-state index contributed by atoms with van der Waals surface area (Å²) in [6.07, 6.45) is 3.61. The van der Waals surface area contributed by atoms with Crippen molar-refractivity contribution in [1.29, 1.82) is 0 Å². The largest absolute Gasteiger partial charge is 0.462 e. The number of pyridine rings is 1. The van der Waals surface area contributed by atoms with E-state index in [0.29, 0.717) is 27.7 Å². The molecule has 21 heavy (non-hydrogen) atoms. The summed E-state index contributed by atoms with van der Waals surface area (Å²) in [5.41, 5.74) is 6.48. The summed E-state index contributed by atoms with van der Waals surface area (Å²) in [6, 6.07) is 3.50. The third kappa shape index (κ3) is 2.38. The molecular weight excluding hydrogens is 292 g/mol. The Morgan fingerprint density at radius 3 is 2.81 bits per heavy atom. The van der Waals surface area contributed by atoms with Crippen LogP contribution in [0.25, 0.3) is 10.9 Å². The molecule has 0 aliphatic heterocycles. The Kier molecular flexibility index (Phi) is 3.37. The molecular formula is C15H15ClN2O3. The molecule has 2 N–H and O–H groups in total. The number of nitrogen functional groups attached to an aromatic ring is 1. The SMILES string of the molecule is CCOC(=O)c1cn(C2CC2)c2cc(Cl)c(N)cc2c1=O. The van der Waals surface area contributed by atoms with Crippen LogP contribution >= 0.6 is 11.6 Å². The first-order valence-electron chi connectivity index (χ1n) is 6.84. The number of rotatable bonds is 3. The van der Waals surface area contributed by atoms with E-state index in [1.807, 2.05) is 4.57 Å². The predicted octanol–water partition coefficient (Wildman–Crippen LogP) is 2.75. The van der Waals surface area contributed by atoms with Gasteiger partial charge < -0.3 is 15.0 Å². The summed E-state index contributed by atoms with van der Waals surface area (Å²) in [4.78, 5) is 24.5. The van der Waals surface area contributed by atoms with Crippen molar-refractivity contribution >= 4 is 34.2 Å². The van der Waals surface area contributed by atoms with E-state index in [-0.39, 0.29) is 17.6 Å². The van der Waals surface area contributed by atoms with Crippen LogP contribution in [0.15, 0.2) is 23.1 Å². The van der Waals surface area contributed by atoms with Gasteiger partial charge in [-0.1, -0.05) is 11.6 Å². The number of hydrogen-bond donors (Lipinski definition) is 1. The van der Waals surface area contributed by atoms with E-state index in [2.05, 4.69) is 0 Å². The Labute approximate surface area is 126 Å². The highest BCUT2D eigenvalue weighted by Gasteiger charge is 2.27. The number of aromatic nitrogens is 1. The Morgan fingerprint density at radius 1 is 1.48 bits per heavy atom. The maximum absolute atomic E-state index is 12.5. The molecule has 1 aliphatic rings. The van der Waals surface area contributed by atoms with Crippen molar-refractivity contribution in [1.82, 2.24) is 4.57 Å². The first-order chi connectivity index (χ1) is 10.0. The number of anilines is 1. The second-order valence-electron chi connectivity index (χ2n) is 5.12. The molecule has 1 aromatic carbocycles. The molecule has 1 saturated carbocycles. The number of esters is 1. The number of carbonyl (C=O) groups is 1. The topological polar surface area (TPSA) is 74.3 Å². The van der Waals surface area contributed by atoms with Crippen molar-refractivity contribution in [2.75, 3.05) is 12.3 Å². The van der Waals surface area contributed by atoms with Gasteiger partial charge in [-0.15, -0.1) is 0 Å². The fourth-order valence-corrected chi connectivity index (χ4v) is 2.55. The van der Waals surface area contributed by atoms with Crippen molar-refractivity contribution in [3.63, 3.8) is 0 Å². The minimum Gasteiger partial charge on any atom is -0.462 e. The van der Waals surface area contributed by atoms with Gasteiger partial charge in [0.05, 0.1) is 22.8 Å². The summed E-state index contributed by atoms with van der Waals surface area (Å²) >= 11 is 6.06. The molecule has 0 radical (unpaired) electrons. The third-order valence-corrected chi connectivity index (χ3v) is 3.91. The standard InChI is InChI=1S/C15H15ClN2O3/c1-2-21-15(20)10-7-18(8-3-4-8)13-6-11(16)12(17)5-9(13)14(10)19/h5-8H,2-4,17H2,1H3. The molecule has 6 heteroatoms. The quantitative estimate of drug-likeness (QED) is 0.699. The summed E-state index contributed by atoms with van der Waals surface area (Å²) in [5, 5.41) is 0.800. The average Bonchev–Trinajstić information content (AvgIpc) is 3.26. The average molecular weight is 307 g/mol. The van der Waals surface area contributed by atoms with E-state index in [0.717, 1.165) is 12.8 Å². The number of benzene rings is 1. The van der Waals surface area contributed by atoms with Gasteiger partial charge in [0.2, 0.25) is 5.43 Å². The maximum atomic E-state index is 12.5. The van der Waals surface area contributed by atoms with Crippen LogP contribution in [0, 0.1) is 0 Å². The van der Waals surface area contributed by atoms with E-state index in [9.17, 15) is 9.59 Å². The minimum absolute atomic E-state index is 0.0398. The van der Waals surface area contributed by atoms with Crippen LogP contribution in [0.2, 0.25) is 5.02 Å². The fraction of sp³-hybridized carbons (Fsp3) is 0.333. The van der Waals surface area contributed by atoms with Gasteiger partial charge >= 0.3 is 5.97 Å². The molecule has 3 rings (SSSR count). The molecule has 0 amide bonds. The van der Waals surface area contributed by atoms with Gasteiger partial charge in [-0.25, -0.2) is 4.79 Å². The van der Waals surface area contributed by atoms with Crippen molar-refractivity contribution in [2.45, 2.75) is 25.8 Å². The normalized spacial score (nSPS) is 14.4. The lowest BCUT2D eigenvalue weighted by atomic mass is 10.1. The molecule has 0 unspecified atom stereocenters. The molecule has 0 bridgehead atoms. The number of ether oxygens (including phenoxy) is 1. The number of nitrogens with zero attached hydrogens (tertiary/aromatic N) is 1. The van der Waals surface area contributed by atoms with Crippen LogP contribution in [0.4, 0.5) is 5.69 Å². The molecule has 1 fully saturated rings. The van der Waals surface area contributed by atoms with Gasteiger partial charge in [0.25, 0.3) is 0 Å². The Bertz CT molecular complexity index is 794. The Balaban J connectivity index is 2.31. The molecule has 5 nitrogen and oxygen atoms in total. The lowest BCUT2D eigenvalue weighted by molar-refractivity contribution is 0.0524. The zero-order chi connectivity index (χ0) is 15.1. The van der Waals surface area contributed by atoms with Crippen LogP contribution in [0.5, 0.6) is 0 Å². The van der Waals surface area contributed by atoms with Crippen molar-refractivity contribution in [3.8, 4) is 0 Å². The molecule has 2 aromatic rings.